The van der Waals surface area contributed by atoms with Gasteiger partial charge in [-0.25, -0.2) is 0 Å². The molecule has 0 unspecified atom stereocenters. The number of fused-ring (bicyclic) bond motifs is 2. The van der Waals surface area contributed by atoms with Crippen molar-refractivity contribution in [2.45, 2.75) is 0 Å². The first-order chi connectivity index (χ1) is 13.6. The maximum Gasteiger partial charge on any atom is 0.220 e. The Balaban J connectivity index is 1.82. The average molecular weight is 449 g/mol. The van der Waals surface area contributed by atoms with Crippen LogP contribution in [0.2, 0.25) is 0 Å². The predicted octanol–water partition coefficient (Wildman–Crippen LogP) is 4.89. The number of rotatable bonds is 0. The van der Waals surface area contributed by atoms with Gasteiger partial charge in [-0.05, 0) is 24.3 Å². The molecule has 1 heterocycles. The number of benzene rings is 2. The molecule has 0 amide bonds. The van der Waals surface area contributed by atoms with Crippen molar-refractivity contribution >= 4 is 67.5 Å². The summed E-state index contributed by atoms with van der Waals surface area (Å²) in [5, 5.41) is -0.686. The third-order valence-electron chi connectivity index (χ3n) is 3.83. The molecule has 0 aliphatic carbocycles. The van der Waals surface area contributed by atoms with Gasteiger partial charge < -0.3 is 0 Å². The van der Waals surface area contributed by atoms with Gasteiger partial charge in [-0.2, -0.15) is 0 Å². The molecular formula is C20H16O4S4. The van der Waals surface area contributed by atoms with E-state index in [4.69, 9.17) is 0 Å². The highest BCUT2D eigenvalue weighted by Gasteiger charge is 2.20. The monoisotopic (exact) mass is 448 g/mol. The summed E-state index contributed by atoms with van der Waals surface area (Å²) in [6.45, 7) is 0. The van der Waals surface area contributed by atoms with Crippen LogP contribution in [0.3, 0.4) is 0 Å². The van der Waals surface area contributed by atoms with Gasteiger partial charge in [-0.3, -0.25) is 19.2 Å². The van der Waals surface area contributed by atoms with Crippen LogP contribution in [-0.2, 0) is 0 Å². The Kier molecular flexibility index (Phi) is 7.84. The summed E-state index contributed by atoms with van der Waals surface area (Å²) in [7, 11) is 0. The topological polar surface area (TPSA) is 68.3 Å². The van der Waals surface area contributed by atoms with Crippen molar-refractivity contribution in [1.29, 1.82) is 0 Å². The molecule has 144 valence electrons. The second-order valence-corrected chi connectivity index (χ2v) is 9.91. The molecule has 2 aromatic rings. The van der Waals surface area contributed by atoms with E-state index < -0.39 is 0 Å². The first-order valence-electron chi connectivity index (χ1n) is 8.44. The third kappa shape index (κ3) is 5.31. The molecule has 2 aromatic carbocycles. The highest BCUT2D eigenvalue weighted by molar-refractivity contribution is 8.18. The van der Waals surface area contributed by atoms with Gasteiger partial charge in [0.15, 0.2) is 0 Å². The molecule has 8 heteroatoms. The SMILES string of the molecule is O=C1SCCSC(=O)c2ccccc2C(=O)SCCSC(=O)c2ccccc21. The lowest BCUT2D eigenvalue weighted by molar-refractivity contribution is 0.105. The fourth-order valence-electron chi connectivity index (χ4n) is 2.53. The molecule has 0 spiro atoms. The fraction of sp³-hybridized carbons (Fsp3) is 0.200. The quantitative estimate of drug-likeness (QED) is 0.564. The van der Waals surface area contributed by atoms with Crippen LogP contribution >= 0.6 is 47.0 Å². The van der Waals surface area contributed by atoms with Gasteiger partial charge in [0.1, 0.15) is 0 Å². The van der Waals surface area contributed by atoms with Crippen molar-refractivity contribution in [2.75, 3.05) is 23.0 Å². The summed E-state index contributed by atoms with van der Waals surface area (Å²) >= 11 is 4.39. The zero-order valence-corrected chi connectivity index (χ0v) is 18.0. The predicted molar refractivity (Wildman–Crippen MR) is 120 cm³/mol. The van der Waals surface area contributed by atoms with Gasteiger partial charge in [0.2, 0.25) is 20.5 Å². The van der Waals surface area contributed by atoms with Crippen LogP contribution in [0.25, 0.3) is 0 Å². The van der Waals surface area contributed by atoms with Crippen molar-refractivity contribution in [3.8, 4) is 0 Å². The standard InChI is InChI=1S/C20H16O4S4/c21-17-13-5-1-2-6-14(13)18(22)26-11-12-28-20(24)16-8-4-3-7-15(16)19(23)27-10-9-25-17/h1-8H,9-12H2. The van der Waals surface area contributed by atoms with Gasteiger partial charge in [0.25, 0.3) is 0 Å². The van der Waals surface area contributed by atoms with Gasteiger partial charge >= 0.3 is 0 Å². The van der Waals surface area contributed by atoms with E-state index in [9.17, 15) is 19.2 Å². The molecule has 0 radical (unpaired) electrons. The van der Waals surface area contributed by atoms with Crippen LogP contribution in [0.1, 0.15) is 41.4 Å². The summed E-state index contributed by atoms with van der Waals surface area (Å²) in [5.41, 5.74) is 1.56. The Hall–Kier alpha value is -1.48. The molecule has 0 saturated heterocycles. The second kappa shape index (κ2) is 10.3. The highest BCUT2D eigenvalue weighted by Crippen LogP contribution is 2.26. The second-order valence-electron chi connectivity index (χ2n) is 5.63. The zero-order chi connectivity index (χ0) is 19.9. The zero-order valence-electron chi connectivity index (χ0n) is 14.7. The van der Waals surface area contributed by atoms with Crippen LogP contribution < -0.4 is 0 Å². The number of carbonyl (C=O) groups excluding carboxylic acids is 4. The number of thioether (sulfide) groups is 4. The summed E-state index contributed by atoms with van der Waals surface area (Å²) in [4.78, 5) is 50.1. The Bertz CT molecular complexity index is 776. The summed E-state index contributed by atoms with van der Waals surface area (Å²) in [6, 6.07) is 13.5. The molecule has 1 aliphatic heterocycles. The van der Waals surface area contributed by atoms with Crippen LogP contribution in [0.15, 0.2) is 48.5 Å². The molecule has 0 saturated carbocycles. The molecule has 28 heavy (non-hydrogen) atoms. The van der Waals surface area contributed by atoms with E-state index in [-0.39, 0.29) is 20.5 Å². The maximum atomic E-state index is 12.5. The van der Waals surface area contributed by atoms with E-state index in [2.05, 4.69) is 0 Å². The van der Waals surface area contributed by atoms with Crippen LogP contribution in [0.4, 0.5) is 0 Å². The normalized spacial score (nSPS) is 17.1. The molecule has 4 nitrogen and oxygen atoms in total. The van der Waals surface area contributed by atoms with E-state index in [1.165, 1.54) is 0 Å². The number of hydrogen-bond donors (Lipinski definition) is 0. The maximum absolute atomic E-state index is 12.5. The fourth-order valence-corrected chi connectivity index (χ4v) is 5.94. The Labute approximate surface area is 180 Å². The average Bonchev–Trinajstić information content (AvgIpc) is 2.73. The first-order valence-corrected chi connectivity index (χ1v) is 12.4. The van der Waals surface area contributed by atoms with E-state index in [1.54, 1.807) is 48.5 Å². The Morgan fingerprint density at radius 3 is 0.857 bits per heavy atom. The molecular weight excluding hydrogens is 432 g/mol. The molecule has 0 fully saturated rings. The van der Waals surface area contributed by atoms with E-state index in [1.807, 2.05) is 0 Å². The molecule has 0 aromatic heterocycles. The molecule has 0 bridgehead atoms. The lowest BCUT2D eigenvalue weighted by atomic mass is 10.1. The van der Waals surface area contributed by atoms with E-state index in [0.29, 0.717) is 45.3 Å². The minimum atomic E-state index is -0.172. The smallest absolute Gasteiger partial charge is 0.220 e. The molecule has 1 aliphatic rings. The number of hydrogen-bond acceptors (Lipinski definition) is 8. The van der Waals surface area contributed by atoms with Crippen LogP contribution in [0.5, 0.6) is 0 Å². The van der Waals surface area contributed by atoms with Gasteiger partial charge in [-0.15, -0.1) is 0 Å². The van der Waals surface area contributed by atoms with Crippen LogP contribution in [-0.4, -0.2) is 43.5 Å². The van der Waals surface area contributed by atoms with E-state index in [0.717, 1.165) is 47.0 Å². The lowest BCUT2D eigenvalue weighted by Gasteiger charge is -2.10. The summed E-state index contributed by atoms with van der Waals surface area (Å²) < 4.78 is 0. The molecule has 0 atom stereocenters. The minimum Gasteiger partial charge on any atom is -0.282 e. The van der Waals surface area contributed by atoms with Crippen molar-refractivity contribution < 1.29 is 19.2 Å². The van der Waals surface area contributed by atoms with Crippen molar-refractivity contribution in [1.82, 2.24) is 0 Å². The highest BCUT2D eigenvalue weighted by atomic mass is 32.2. The minimum absolute atomic E-state index is 0.172. The summed E-state index contributed by atoms with van der Waals surface area (Å²) in [6.07, 6.45) is 0. The van der Waals surface area contributed by atoms with Crippen molar-refractivity contribution in [3.05, 3.63) is 70.8 Å². The van der Waals surface area contributed by atoms with Gasteiger partial charge in [-0.1, -0.05) is 71.3 Å². The number of carbonyl (C=O) groups is 4. The first kappa shape index (κ1) is 21.2. The van der Waals surface area contributed by atoms with Gasteiger partial charge in [0.05, 0.1) is 0 Å². The summed E-state index contributed by atoms with van der Waals surface area (Å²) in [5.74, 6) is 1.76. The Morgan fingerprint density at radius 2 is 0.643 bits per heavy atom. The molecule has 0 N–H and O–H groups in total. The largest absolute Gasteiger partial charge is 0.282 e. The Morgan fingerprint density at radius 1 is 0.429 bits per heavy atom. The third-order valence-corrected chi connectivity index (χ3v) is 7.91. The van der Waals surface area contributed by atoms with E-state index >= 15 is 0 Å². The van der Waals surface area contributed by atoms with Crippen molar-refractivity contribution in [3.63, 3.8) is 0 Å². The van der Waals surface area contributed by atoms with Crippen LogP contribution in [0, 0.1) is 0 Å². The van der Waals surface area contributed by atoms with Gasteiger partial charge in [0, 0.05) is 45.3 Å². The van der Waals surface area contributed by atoms with Crippen molar-refractivity contribution in [2.24, 2.45) is 0 Å². The lowest BCUT2D eigenvalue weighted by Crippen LogP contribution is -2.09. The molecule has 3 rings (SSSR count).